The van der Waals surface area contributed by atoms with Crippen LogP contribution in [-0.2, 0) is 89.5 Å². The van der Waals surface area contributed by atoms with E-state index >= 15 is 0 Å². The highest BCUT2D eigenvalue weighted by Gasteiger charge is 2.50. The Labute approximate surface area is 343 Å². The highest BCUT2D eigenvalue weighted by Crippen LogP contribution is 2.34. The maximum atomic E-state index is 13.9. The van der Waals surface area contributed by atoms with Crippen LogP contribution in [0.25, 0.3) is 0 Å². The van der Waals surface area contributed by atoms with Gasteiger partial charge in [-0.15, -0.1) is 0 Å². The third kappa shape index (κ3) is 11.2. The molecule has 0 spiro atoms. The van der Waals surface area contributed by atoms with Gasteiger partial charge in [-0.05, 0) is 124 Å². The van der Waals surface area contributed by atoms with Crippen molar-refractivity contribution in [1.82, 2.24) is 0 Å². The second-order valence-corrected chi connectivity index (χ2v) is 14.8. The van der Waals surface area contributed by atoms with Crippen molar-refractivity contribution in [3.63, 3.8) is 0 Å². The van der Waals surface area contributed by atoms with Crippen LogP contribution in [0.5, 0.6) is 0 Å². The van der Waals surface area contributed by atoms with Crippen LogP contribution in [0, 0.1) is 10.8 Å². The van der Waals surface area contributed by atoms with Crippen molar-refractivity contribution in [2.75, 3.05) is 26.4 Å². The fourth-order valence-electron chi connectivity index (χ4n) is 7.68. The van der Waals surface area contributed by atoms with Crippen LogP contribution >= 0.6 is 0 Å². The first-order chi connectivity index (χ1) is 28.1. The highest BCUT2D eigenvalue weighted by molar-refractivity contribution is 6.01. The number of rotatable bonds is 8. The quantitative estimate of drug-likeness (QED) is 0.0759. The predicted octanol–water partition coefficient (Wildman–Crippen LogP) is 8.48. The van der Waals surface area contributed by atoms with Gasteiger partial charge in [-0.2, -0.15) is 0 Å². The third-order valence-corrected chi connectivity index (χ3v) is 10.4. The molecule has 8 heteroatoms. The van der Waals surface area contributed by atoms with Gasteiger partial charge in [-0.3, -0.25) is 19.2 Å². The lowest BCUT2D eigenvalue weighted by Crippen LogP contribution is -2.46. The lowest BCUT2D eigenvalue weighted by atomic mass is 9.75. The van der Waals surface area contributed by atoms with E-state index in [9.17, 15) is 19.2 Å². The predicted molar refractivity (Wildman–Crippen MR) is 225 cm³/mol. The van der Waals surface area contributed by atoms with Crippen molar-refractivity contribution in [2.24, 2.45) is 10.8 Å². The molecule has 304 valence electrons. The number of hydrogen-bond donors (Lipinski definition) is 0. The molecule has 5 rings (SSSR count). The summed E-state index contributed by atoms with van der Waals surface area (Å²) in [6.45, 7) is 7.52. The van der Waals surface area contributed by atoms with E-state index in [0.29, 0.717) is 25.7 Å². The molecule has 0 heterocycles. The fourth-order valence-corrected chi connectivity index (χ4v) is 7.68. The first kappa shape index (κ1) is 43.4. The minimum Gasteiger partial charge on any atom is -0.465 e. The normalized spacial score (nSPS) is 16.5. The van der Waals surface area contributed by atoms with E-state index in [0.717, 1.165) is 44.5 Å². The summed E-state index contributed by atoms with van der Waals surface area (Å²) in [6, 6.07) is 31.7. The van der Waals surface area contributed by atoms with Crippen LogP contribution in [-0.4, -0.2) is 50.3 Å². The zero-order valence-corrected chi connectivity index (χ0v) is 34.3. The van der Waals surface area contributed by atoms with E-state index in [2.05, 4.69) is 24.3 Å². The molecule has 0 N–H and O–H groups in total. The van der Waals surface area contributed by atoms with Gasteiger partial charge in [0.15, 0.2) is 10.8 Å². The molecule has 0 atom stereocenters. The molecule has 4 aromatic carbocycles. The molecule has 0 aliphatic heterocycles. The molecule has 8 bridgehead atoms. The average Bonchev–Trinajstić information content (AvgIpc) is 3.21. The van der Waals surface area contributed by atoms with Gasteiger partial charge in [0.05, 0.1) is 26.4 Å². The molecule has 1 aliphatic rings. The van der Waals surface area contributed by atoms with Crippen LogP contribution in [0.3, 0.4) is 0 Å². The maximum Gasteiger partial charge on any atom is 0.324 e. The number of fused-ring (bicyclic) bond motifs is 8. The molecular weight excluding hydrogens is 729 g/mol. The fraction of sp³-hybridized carbons (Fsp3) is 0.360. The number of carbonyl (C=O) groups excluding carboxylic acids is 4. The molecule has 0 radical (unpaired) electrons. The van der Waals surface area contributed by atoms with Gasteiger partial charge in [0, 0.05) is 0 Å². The largest absolute Gasteiger partial charge is 0.465 e. The second kappa shape index (κ2) is 21.1. The SMILES string of the molecule is CCOC(=O)C1(C(=O)OCC)Cc2cccc(c2)C/C=C/Cc2cccc(c2)CC(C(=O)OCC)(C(=O)OCC)Cc2cccc(c2)C/C=C/Cc2cccc(c2)C1. The minimum absolute atomic E-state index is 0.122. The van der Waals surface area contributed by atoms with Crippen LogP contribution in [0.4, 0.5) is 0 Å². The van der Waals surface area contributed by atoms with E-state index in [1.807, 2.05) is 97.1 Å². The topological polar surface area (TPSA) is 105 Å². The van der Waals surface area contributed by atoms with Gasteiger partial charge in [0.2, 0.25) is 0 Å². The van der Waals surface area contributed by atoms with Crippen molar-refractivity contribution in [2.45, 2.75) is 79.1 Å². The number of allylic oxidation sites excluding steroid dienone is 4. The zero-order chi connectivity index (χ0) is 41.4. The standard InChI is InChI=1S/C50H56O8/c1-5-55-45(51)49(46(52)56-6-2)33-41-25-13-21-37(29-41)17-9-11-19-39-23-15-27-43(31-39)35-50(47(53)57-7-3,48(54)58-8-4)36-44-28-16-24-40(32-44)20-12-10-18-38-22-14-26-42(30-38)34-49/h9-16,21-32H,5-8,17-20,33-36H2,1-4H3/b11-9+,12-10+. The summed E-state index contributed by atoms with van der Waals surface area (Å²) in [5.41, 5.74) is 4.27. The van der Waals surface area contributed by atoms with E-state index < -0.39 is 34.7 Å². The Kier molecular flexibility index (Phi) is 15.8. The Bertz CT molecular complexity index is 1800. The number of esters is 4. The average molecular weight is 785 g/mol. The van der Waals surface area contributed by atoms with Crippen molar-refractivity contribution in [3.05, 3.63) is 166 Å². The zero-order valence-electron chi connectivity index (χ0n) is 34.3. The smallest absolute Gasteiger partial charge is 0.324 e. The molecule has 0 amide bonds. The third-order valence-electron chi connectivity index (χ3n) is 10.4. The molecule has 0 unspecified atom stereocenters. The van der Waals surface area contributed by atoms with Crippen LogP contribution < -0.4 is 0 Å². The first-order valence-electron chi connectivity index (χ1n) is 20.4. The van der Waals surface area contributed by atoms with Gasteiger partial charge >= 0.3 is 23.9 Å². The molecule has 4 aromatic rings. The summed E-state index contributed by atoms with van der Waals surface area (Å²) >= 11 is 0. The monoisotopic (exact) mass is 784 g/mol. The lowest BCUT2D eigenvalue weighted by molar-refractivity contribution is -0.173. The Morgan fingerprint density at radius 3 is 0.793 bits per heavy atom. The van der Waals surface area contributed by atoms with Crippen molar-refractivity contribution < 1.29 is 38.1 Å². The summed E-state index contributed by atoms with van der Waals surface area (Å²) < 4.78 is 22.4. The molecule has 8 nitrogen and oxygen atoms in total. The maximum absolute atomic E-state index is 13.9. The van der Waals surface area contributed by atoms with Gasteiger partial charge in [-0.1, -0.05) is 121 Å². The Morgan fingerprint density at radius 1 is 0.379 bits per heavy atom. The van der Waals surface area contributed by atoms with Gasteiger partial charge in [0.1, 0.15) is 0 Å². The molecule has 1 aliphatic carbocycles. The molecule has 0 saturated carbocycles. The minimum atomic E-state index is -1.58. The Morgan fingerprint density at radius 2 is 0.586 bits per heavy atom. The summed E-state index contributed by atoms with van der Waals surface area (Å²) in [4.78, 5) is 55.6. The molecule has 0 aromatic heterocycles. The van der Waals surface area contributed by atoms with E-state index in [1.54, 1.807) is 27.7 Å². The van der Waals surface area contributed by atoms with Gasteiger partial charge in [-0.25, -0.2) is 0 Å². The summed E-state index contributed by atoms with van der Waals surface area (Å²) in [5.74, 6) is -2.38. The summed E-state index contributed by atoms with van der Waals surface area (Å²) in [6.07, 6.45) is 11.4. The van der Waals surface area contributed by atoms with E-state index in [1.165, 1.54) is 0 Å². The van der Waals surface area contributed by atoms with Crippen LogP contribution in [0.15, 0.2) is 121 Å². The molecule has 58 heavy (non-hydrogen) atoms. The molecular formula is C50H56O8. The van der Waals surface area contributed by atoms with Crippen LogP contribution in [0.2, 0.25) is 0 Å². The Balaban J connectivity index is 1.56. The van der Waals surface area contributed by atoms with Crippen LogP contribution in [0.1, 0.15) is 72.2 Å². The van der Waals surface area contributed by atoms with Crippen molar-refractivity contribution in [3.8, 4) is 0 Å². The van der Waals surface area contributed by atoms with E-state index in [4.69, 9.17) is 18.9 Å². The van der Waals surface area contributed by atoms with Gasteiger partial charge < -0.3 is 18.9 Å². The van der Waals surface area contributed by atoms with Crippen molar-refractivity contribution >= 4 is 23.9 Å². The number of hydrogen-bond acceptors (Lipinski definition) is 8. The number of ether oxygens (including phenoxy) is 4. The Hall–Kier alpha value is -5.76. The second-order valence-electron chi connectivity index (χ2n) is 14.8. The first-order valence-corrected chi connectivity index (χ1v) is 20.4. The molecule has 0 fully saturated rings. The van der Waals surface area contributed by atoms with Crippen molar-refractivity contribution in [1.29, 1.82) is 0 Å². The highest BCUT2D eigenvalue weighted by atomic mass is 16.6. The lowest BCUT2D eigenvalue weighted by Gasteiger charge is -2.30. The van der Waals surface area contributed by atoms with E-state index in [-0.39, 0.29) is 52.1 Å². The summed E-state index contributed by atoms with van der Waals surface area (Å²) in [7, 11) is 0. The number of benzene rings is 4. The van der Waals surface area contributed by atoms with Gasteiger partial charge in [0.25, 0.3) is 0 Å². The summed E-state index contributed by atoms with van der Waals surface area (Å²) in [5, 5.41) is 0. The number of carbonyl (C=O) groups is 4. The molecule has 0 saturated heterocycles.